The lowest BCUT2D eigenvalue weighted by Gasteiger charge is -2.14. The molecule has 0 N–H and O–H groups in total. The van der Waals surface area contributed by atoms with Crippen LogP contribution in [0.5, 0.6) is 5.75 Å². The Balaban J connectivity index is 1.97. The van der Waals surface area contributed by atoms with Gasteiger partial charge in [0.2, 0.25) is 0 Å². The van der Waals surface area contributed by atoms with Crippen molar-refractivity contribution in [2.75, 3.05) is 14.2 Å². The molecule has 1 aliphatic rings. The van der Waals surface area contributed by atoms with Gasteiger partial charge in [-0.1, -0.05) is 32.0 Å². The van der Waals surface area contributed by atoms with Gasteiger partial charge in [0.1, 0.15) is 5.75 Å². The number of para-hydroxylation sites is 1. The standard InChI is InChI=1S/C22H24N2O2S/c1-14(2)18-12-16(15(3)11-19(18)26-5)13-20-21(25)24(4)22(27-20)23-17-9-7-6-8-10-17/h6-14H,1-5H3/b20-13+,23-22?. The first kappa shape index (κ1) is 19.2. The third-order valence-electron chi connectivity index (χ3n) is 4.51. The van der Waals surface area contributed by atoms with E-state index >= 15 is 0 Å². The van der Waals surface area contributed by atoms with Crippen LogP contribution in [0.2, 0.25) is 0 Å². The number of ether oxygens (including phenoxy) is 1. The maximum Gasteiger partial charge on any atom is 0.266 e. The van der Waals surface area contributed by atoms with Crippen molar-refractivity contribution < 1.29 is 9.53 Å². The average molecular weight is 381 g/mol. The van der Waals surface area contributed by atoms with Crippen LogP contribution in [0.15, 0.2) is 52.4 Å². The Morgan fingerprint density at radius 1 is 1.19 bits per heavy atom. The molecule has 2 aromatic rings. The molecule has 27 heavy (non-hydrogen) atoms. The molecule has 0 spiro atoms. The lowest BCUT2D eigenvalue weighted by molar-refractivity contribution is -0.121. The Labute approximate surface area is 164 Å². The quantitative estimate of drug-likeness (QED) is 0.671. The second-order valence-electron chi connectivity index (χ2n) is 6.81. The van der Waals surface area contributed by atoms with Crippen LogP contribution < -0.4 is 4.74 Å². The third-order valence-corrected chi connectivity index (χ3v) is 5.57. The monoisotopic (exact) mass is 380 g/mol. The van der Waals surface area contributed by atoms with Crippen molar-refractivity contribution in [1.82, 2.24) is 4.90 Å². The number of methoxy groups -OCH3 is 1. The summed E-state index contributed by atoms with van der Waals surface area (Å²) in [4.78, 5) is 19.6. The van der Waals surface area contributed by atoms with E-state index in [0.29, 0.717) is 16.0 Å². The van der Waals surface area contributed by atoms with Crippen LogP contribution in [0.4, 0.5) is 5.69 Å². The maximum atomic E-state index is 12.7. The molecule has 1 amide bonds. The highest BCUT2D eigenvalue weighted by Crippen LogP contribution is 2.35. The largest absolute Gasteiger partial charge is 0.496 e. The Morgan fingerprint density at radius 2 is 1.89 bits per heavy atom. The summed E-state index contributed by atoms with van der Waals surface area (Å²) in [6.45, 7) is 6.31. The van der Waals surface area contributed by atoms with Crippen molar-refractivity contribution in [3.63, 3.8) is 0 Å². The van der Waals surface area contributed by atoms with E-state index in [1.165, 1.54) is 11.8 Å². The molecule has 0 aromatic heterocycles. The molecule has 1 fully saturated rings. The fourth-order valence-corrected chi connectivity index (χ4v) is 3.88. The molecule has 0 saturated carbocycles. The molecule has 4 nitrogen and oxygen atoms in total. The number of benzene rings is 2. The molecule has 0 bridgehead atoms. The van der Waals surface area contributed by atoms with Crippen molar-refractivity contribution in [3.05, 3.63) is 64.1 Å². The van der Waals surface area contributed by atoms with E-state index in [1.807, 2.05) is 49.4 Å². The summed E-state index contributed by atoms with van der Waals surface area (Å²) in [6.07, 6.45) is 1.96. The van der Waals surface area contributed by atoms with Gasteiger partial charge in [0.25, 0.3) is 5.91 Å². The molecular weight excluding hydrogens is 356 g/mol. The van der Waals surface area contributed by atoms with Gasteiger partial charge in [-0.2, -0.15) is 0 Å². The van der Waals surface area contributed by atoms with Crippen LogP contribution >= 0.6 is 11.8 Å². The van der Waals surface area contributed by atoms with Crippen LogP contribution in [-0.4, -0.2) is 30.1 Å². The summed E-state index contributed by atoms with van der Waals surface area (Å²) in [7, 11) is 3.45. The van der Waals surface area contributed by atoms with Crippen molar-refractivity contribution >= 4 is 34.6 Å². The molecule has 0 unspecified atom stereocenters. The van der Waals surface area contributed by atoms with Crippen LogP contribution in [0.25, 0.3) is 6.08 Å². The molecule has 1 heterocycles. The molecule has 2 aromatic carbocycles. The van der Waals surface area contributed by atoms with Crippen LogP contribution in [0.3, 0.4) is 0 Å². The van der Waals surface area contributed by atoms with E-state index in [2.05, 4.69) is 24.9 Å². The average Bonchev–Trinajstić information content (AvgIpc) is 2.91. The van der Waals surface area contributed by atoms with Gasteiger partial charge in [0.05, 0.1) is 17.7 Å². The summed E-state index contributed by atoms with van der Waals surface area (Å²) in [5.74, 6) is 1.19. The van der Waals surface area contributed by atoms with Crippen LogP contribution in [0, 0.1) is 6.92 Å². The summed E-state index contributed by atoms with van der Waals surface area (Å²) in [6, 6.07) is 13.8. The smallest absolute Gasteiger partial charge is 0.266 e. The van der Waals surface area contributed by atoms with Crippen molar-refractivity contribution in [3.8, 4) is 5.75 Å². The predicted molar refractivity (Wildman–Crippen MR) is 114 cm³/mol. The van der Waals surface area contributed by atoms with Gasteiger partial charge in [0.15, 0.2) is 5.17 Å². The summed E-state index contributed by atoms with van der Waals surface area (Å²) in [5.41, 5.74) is 4.08. The van der Waals surface area contributed by atoms with E-state index in [-0.39, 0.29) is 5.91 Å². The third kappa shape index (κ3) is 4.08. The van der Waals surface area contributed by atoms with Gasteiger partial charge >= 0.3 is 0 Å². The van der Waals surface area contributed by atoms with Crippen molar-refractivity contribution in [2.45, 2.75) is 26.7 Å². The molecule has 3 rings (SSSR count). The minimum Gasteiger partial charge on any atom is -0.496 e. The molecule has 5 heteroatoms. The van der Waals surface area contributed by atoms with E-state index in [0.717, 1.165) is 28.1 Å². The van der Waals surface area contributed by atoms with E-state index in [9.17, 15) is 4.79 Å². The van der Waals surface area contributed by atoms with Gasteiger partial charge in [-0.25, -0.2) is 4.99 Å². The highest BCUT2D eigenvalue weighted by Gasteiger charge is 2.30. The molecule has 1 saturated heterocycles. The number of rotatable bonds is 4. The topological polar surface area (TPSA) is 41.9 Å². The van der Waals surface area contributed by atoms with Crippen molar-refractivity contribution in [2.24, 2.45) is 4.99 Å². The second-order valence-corrected chi connectivity index (χ2v) is 7.82. The number of hydrogen-bond donors (Lipinski definition) is 0. The Hall–Kier alpha value is -2.53. The highest BCUT2D eigenvalue weighted by molar-refractivity contribution is 8.18. The zero-order valence-electron chi connectivity index (χ0n) is 16.3. The molecule has 1 aliphatic heterocycles. The number of nitrogens with zero attached hydrogens (tertiary/aromatic N) is 2. The number of amides is 1. The van der Waals surface area contributed by atoms with Crippen LogP contribution in [-0.2, 0) is 4.79 Å². The second kappa shape index (κ2) is 8.01. The fraction of sp³-hybridized carbons (Fsp3) is 0.273. The number of amidine groups is 1. The fourth-order valence-electron chi connectivity index (χ4n) is 2.91. The molecule has 0 atom stereocenters. The van der Waals surface area contributed by atoms with Crippen LogP contribution in [0.1, 0.15) is 36.5 Å². The first-order valence-corrected chi connectivity index (χ1v) is 9.72. The van der Waals surface area contributed by atoms with Crippen molar-refractivity contribution in [1.29, 1.82) is 0 Å². The number of carbonyl (C=O) groups is 1. The lowest BCUT2D eigenvalue weighted by atomic mass is 9.96. The molecule has 0 radical (unpaired) electrons. The number of aliphatic imine (C=N–C) groups is 1. The van der Waals surface area contributed by atoms with Gasteiger partial charge < -0.3 is 4.74 Å². The Bertz CT molecular complexity index is 917. The van der Waals surface area contributed by atoms with Gasteiger partial charge in [0, 0.05) is 7.05 Å². The van der Waals surface area contributed by atoms with E-state index in [1.54, 1.807) is 19.1 Å². The SMILES string of the molecule is COc1cc(C)c(/C=C2/SC(=Nc3ccccc3)N(C)C2=O)cc1C(C)C. The number of hydrogen-bond acceptors (Lipinski definition) is 4. The molecular formula is C22H24N2O2S. The zero-order valence-corrected chi connectivity index (χ0v) is 17.1. The summed E-state index contributed by atoms with van der Waals surface area (Å²) >= 11 is 1.41. The van der Waals surface area contributed by atoms with Gasteiger partial charge in [-0.05, 0) is 71.6 Å². The maximum absolute atomic E-state index is 12.7. The van der Waals surface area contributed by atoms with Gasteiger partial charge in [-0.15, -0.1) is 0 Å². The number of aryl methyl sites for hydroxylation is 1. The number of likely N-dealkylation sites (N-methyl/N-ethyl adjacent to an activating group) is 1. The summed E-state index contributed by atoms with van der Waals surface area (Å²) in [5, 5.41) is 0.688. The first-order chi connectivity index (χ1) is 12.9. The Kier molecular flexibility index (Phi) is 5.71. The van der Waals surface area contributed by atoms with E-state index in [4.69, 9.17) is 4.74 Å². The highest BCUT2D eigenvalue weighted by atomic mass is 32.2. The normalized spacial score (nSPS) is 17.4. The first-order valence-electron chi connectivity index (χ1n) is 8.90. The van der Waals surface area contributed by atoms with E-state index < -0.39 is 0 Å². The molecule has 140 valence electrons. The number of thioether (sulfide) groups is 1. The minimum atomic E-state index is -0.0315. The predicted octanol–water partition coefficient (Wildman–Crippen LogP) is 5.36. The Morgan fingerprint density at radius 3 is 2.52 bits per heavy atom. The zero-order chi connectivity index (χ0) is 19.6. The minimum absolute atomic E-state index is 0.0315. The summed E-state index contributed by atoms with van der Waals surface area (Å²) < 4.78 is 5.51. The van der Waals surface area contributed by atoms with Gasteiger partial charge in [-0.3, -0.25) is 9.69 Å². The molecule has 0 aliphatic carbocycles. The lowest BCUT2D eigenvalue weighted by Crippen LogP contribution is -2.23. The number of carbonyl (C=O) groups excluding carboxylic acids is 1.